The van der Waals surface area contributed by atoms with E-state index in [0.717, 1.165) is 5.56 Å². The van der Waals surface area contributed by atoms with Crippen LogP contribution in [0.1, 0.15) is 5.56 Å². The third-order valence-corrected chi connectivity index (χ3v) is 5.93. The standard InChI is InChI=1S/C19H19N3O3S2/c1-2-13-26-19-21-17-6-4-3-5-16(17)18(23)22(19)12-11-14-7-9-15(10-8-14)27(20,24)25/h2-10H,1,11-13H2,(H2,20,24,25). The van der Waals surface area contributed by atoms with Crippen LogP contribution < -0.4 is 10.7 Å². The van der Waals surface area contributed by atoms with Gasteiger partial charge in [0.1, 0.15) is 0 Å². The number of nitrogens with zero attached hydrogens (tertiary/aromatic N) is 2. The minimum atomic E-state index is -3.71. The molecule has 0 aliphatic heterocycles. The Labute approximate surface area is 161 Å². The van der Waals surface area contributed by atoms with E-state index in [2.05, 4.69) is 11.6 Å². The van der Waals surface area contributed by atoms with E-state index in [4.69, 9.17) is 5.14 Å². The number of para-hydroxylation sites is 1. The van der Waals surface area contributed by atoms with E-state index in [1.54, 1.807) is 28.8 Å². The Bertz CT molecular complexity index is 1140. The number of nitrogens with two attached hydrogens (primary N) is 1. The number of benzene rings is 2. The van der Waals surface area contributed by atoms with E-state index < -0.39 is 10.0 Å². The lowest BCUT2D eigenvalue weighted by atomic mass is 10.1. The molecule has 8 heteroatoms. The van der Waals surface area contributed by atoms with Gasteiger partial charge in [0.15, 0.2) is 5.16 Å². The van der Waals surface area contributed by atoms with Crippen LogP contribution in [-0.4, -0.2) is 23.7 Å². The van der Waals surface area contributed by atoms with E-state index in [0.29, 0.717) is 34.8 Å². The molecule has 1 aromatic heterocycles. The molecule has 0 spiro atoms. The highest BCUT2D eigenvalue weighted by molar-refractivity contribution is 7.99. The van der Waals surface area contributed by atoms with Gasteiger partial charge >= 0.3 is 0 Å². The molecule has 0 fully saturated rings. The number of fused-ring (bicyclic) bond motifs is 1. The molecule has 2 aromatic carbocycles. The highest BCUT2D eigenvalue weighted by Crippen LogP contribution is 2.18. The van der Waals surface area contributed by atoms with Crippen LogP contribution in [0.3, 0.4) is 0 Å². The summed E-state index contributed by atoms with van der Waals surface area (Å²) >= 11 is 1.45. The molecular weight excluding hydrogens is 382 g/mol. The summed E-state index contributed by atoms with van der Waals surface area (Å²) in [7, 11) is -3.71. The zero-order chi connectivity index (χ0) is 19.4. The van der Waals surface area contributed by atoms with Crippen LogP contribution in [0, 0.1) is 0 Å². The molecule has 0 aliphatic rings. The first-order valence-corrected chi connectivity index (χ1v) is 10.8. The lowest BCUT2D eigenvalue weighted by Crippen LogP contribution is -2.24. The third-order valence-electron chi connectivity index (χ3n) is 4.03. The molecule has 0 amide bonds. The van der Waals surface area contributed by atoms with Crippen molar-refractivity contribution < 1.29 is 8.42 Å². The van der Waals surface area contributed by atoms with Crippen LogP contribution in [0.2, 0.25) is 0 Å². The Balaban J connectivity index is 1.92. The average molecular weight is 402 g/mol. The Morgan fingerprint density at radius 1 is 1.15 bits per heavy atom. The average Bonchev–Trinajstić information content (AvgIpc) is 2.65. The van der Waals surface area contributed by atoms with Crippen LogP contribution >= 0.6 is 11.8 Å². The number of sulfonamides is 1. The molecule has 3 rings (SSSR count). The molecule has 0 saturated heterocycles. The Kier molecular flexibility index (Phi) is 5.79. The summed E-state index contributed by atoms with van der Waals surface area (Å²) in [4.78, 5) is 17.6. The summed E-state index contributed by atoms with van der Waals surface area (Å²) in [6, 6.07) is 13.6. The normalized spacial score (nSPS) is 11.6. The van der Waals surface area contributed by atoms with Crippen molar-refractivity contribution >= 4 is 32.7 Å². The van der Waals surface area contributed by atoms with Crippen LogP contribution in [-0.2, 0) is 23.0 Å². The highest BCUT2D eigenvalue weighted by Gasteiger charge is 2.12. The Morgan fingerprint density at radius 3 is 2.52 bits per heavy atom. The fourth-order valence-corrected chi connectivity index (χ4v) is 3.95. The second-order valence-corrected chi connectivity index (χ2v) is 8.46. The Hall–Kier alpha value is -2.42. The molecule has 140 valence electrons. The maximum atomic E-state index is 12.9. The van der Waals surface area contributed by atoms with Gasteiger partial charge in [0.05, 0.1) is 15.8 Å². The maximum absolute atomic E-state index is 12.9. The molecule has 0 bridgehead atoms. The number of thioether (sulfide) groups is 1. The number of primary sulfonamides is 1. The van der Waals surface area contributed by atoms with Crippen molar-refractivity contribution in [3.05, 3.63) is 77.1 Å². The molecule has 0 radical (unpaired) electrons. The first-order chi connectivity index (χ1) is 12.9. The predicted octanol–water partition coefficient (Wildman–Crippen LogP) is 2.56. The number of aromatic nitrogens is 2. The second-order valence-electron chi connectivity index (χ2n) is 5.91. The van der Waals surface area contributed by atoms with Gasteiger partial charge < -0.3 is 0 Å². The van der Waals surface area contributed by atoms with Gasteiger partial charge in [0.25, 0.3) is 5.56 Å². The zero-order valence-electron chi connectivity index (χ0n) is 14.5. The molecule has 2 N–H and O–H groups in total. The maximum Gasteiger partial charge on any atom is 0.262 e. The number of hydrogen-bond acceptors (Lipinski definition) is 5. The van der Waals surface area contributed by atoms with Crippen LogP contribution in [0.5, 0.6) is 0 Å². The second kappa shape index (κ2) is 8.08. The zero-order valence-corrected chi connectivity index (χ0v) is 16.2. The van der Waals surface area contributed by atoms with Gasteiger partial charge in [-0.2, -0.15) is 0 Å². The van der Waals surface area contributed by atoms with Crippen molar-refractivity contribution in [2.45, 2.75) is 23.0 Å². The van der Waals surface area contributed by atoms with Crippen molar-refractivity contribution in [2.24, 2.45) is 5.14 Å². The minimum Gasteiger partial charge on any atom is -0.287 e. The van der Waals surface area contributed by atoms with E-state index in [9.17, 15) is 13.2 Å². The summed E-state index contributed by atoms with van der Waals surface area (Å²) in [6.45, 7) is 4.15. The molecule has 0 unspecified atom stereocenters. The van der Waals surface area contributed by atoms with Crippen molar-refractivity contribution in [3.8, 4) is 0 Å². The minimum absolute atomic E-state index is 0.0676. The molecule has 6 nitrogen and oxygen atoms in total. The monoisotopic (exact) mass is 401 g/mol. The molecule has 0 saturated carbocycles. The molecule has 27 heavy (non-hydrogen) atoms. The number of aryl methyl sites for hydroxylation is 1. The summed E-state index contributed by atoms with van der Waals surface area (Å²) in [5, 5.41) is 6.33. The molecule has 3 aromatic rings. The van der Waals surface area contributed by atoms with E-state index >= 15 is 0 Å². The van der Waals surface area contributed by atoms with Gasteiger partial charge in [0.2, 0.25) is 10.0 Å². The number of rotatable bonds is 7. The first-order valence-electron chi connectivity index (χ1n) is 8.25. The largest absolute Gasteiger partial charge is 0.287 e. The van der Waals surface area contributed by atoms with E-state index in [1.165, 1.54) is 23.9 Å². The summed E-state index contributed by atoms with van der Waals surface area (Å²) < 4.78 is 24.4. The van der Waals surface area contributed by atoms with Crippen molar-refractivity contribution in [1.82, 2.24) is 9.55 Å². The fourth-order valence-electron chi connectivity index (χ4n) is 2.68. The Morgan fingerprint density at radius 2 is 1.85 bits per heavy atom. The third kappa shape index (κ3) is 4.47. The SMILES string of the molecule is C=CCSc1nc2ccccc2c(=O)n1CCc1ccc(S(N)(=O)=O)cc1. The highest BCUT2D eigenvalue weighted by atomic mass is 32.2. The first kappa shape index (κ1) is 19.3. The van der Waals surface area contributed by atoms with Gasteiger partial charge in [-0.15, -0.1) is 6.58 Å². The lowest BCUT2D eigenvalue weighted by Gasteiger charge is -2.13. The molecular formula is C19H19N3O3S2. The van der Waals surface area contributed by atoms with E-state index in [1.807, 2.05) is 18.2 Å². The predicted molar refractivity (Wildman–Crippen MR) is 108 cm³/mol. The summed E-state index contributed by atoms with van der Waals surface area (Å²) in [6.07, 6.45) is 2.33. The van der Waals surface area contributed by atoms with Gasteiger partial charge in [0, 0.05) is 12.3 Å². The molecule has 0 atom stereocenters. The van der Waals surface area contributed by atoms with Crippen molar-refractivity contribution in [3.63, 3.8) is 0 Å². The van der Waals surface area contributed by atoms with Crippen LogP contribution in [0.4, 0.5) is 0 Å². The van der Waals surface area contributed by atoms with Crippen LogP contribution in [0.25, 0.3) is 10.9 Å². The summed E-state index contributed by atoms with van der Waals surface area (Å²) in [5.41, 5.74) is 1.48. The van der Waals surface area contributed by atoms with Crippen molar-refractivity contribution in [2.75, 3.05) is 5.75 Å². The topological polar surface area (TPSA) is 95.0 Å². The lowest BCUT2D eigenvalue weighted by molar-refractivity contribution is 0.594. The quantitative estimate of drug-likeness (QED) is 0.373. The van der Waals surface area contributed by atoms with Gasteiger partial charge in [-0.05, 0) is 36.2 Å². The van der Waals surface area contributed by atoms with Crippen LogP contribution in [0.15, 0.2) is 76.0 Å². The molecule has 0 aliphatic carbocycles. The van der Waals surface area contributed by atoms with E-state index in [-0.39, 0.29) is 10.5 Å². The molecule has 1 heterocycles. The summed E-state index contributed by atoms with van der Waals surface area (Å²) in [5.74, 6) is 0.647. The number of hydrogen-bond donors (Lipinski definition) is 1. The van der Waals surface area contributed by atoms with Gasteiger partial charge in [-0.1, -0.05) is 42.1 Å². The smallest absolute Gasteiger partial charge is 0.262 e. The van der Waals surface area contributed by atoms with Crippen molar-refractivity contribution in [1.29, 1.82) is 0 Å². The fraction of sp³-hybridized carbons (Fsp3) is 0.158. The van der Waals surface area contributed by atoms with Gasteiger partial charge in [-0.3, -0.25) is 9.36 Å². The van der Waals surface area contributed by atoms with Gasteiger partial charge in [-0.25, -0.2) is 18.5 Å².